The van der Waals surface area contributed by atoms with Crippen molar-refractivity contribution < 1.29 is 9.53 Å². The lowest BCUT2D eigenvalue weighted by Crippen LogP contribution is -2.29. The molecule has 0 saturated heterocycles. The Bertz CT molecular complexity index is 704. The quantitative estimate of drug-likeness (QED) is 0.566. The Labute approximate surface area is 154 Å². The van der Waals surface area contributed by atoms with E-state index in [9.17, 15) is 4.79 Å². The van der Waals surface area contributed by atoms with Gasteiger partial charge in [-0.05, 0) is 38.0 Å². The SMILES string of the molecule is CCNc1nc(C)cc(NCCNC(=O)CCc2ccc(OC)cc2)n1. The molecule has 0 spiro atoms. The van der Waals surface area contributed by atoms with Gasteiger partial charge in [-0.1, -0.05) is 12.1 Å². The number of aromatic nitrogens is 2. The third-order valence-corrected chi connectivity index (χ3v) is 3.74. The third kappa shape index (κ3) is 6.58. The lowest BCUT2D eigenvalue weighted by molar-refractivity contribution is -0.120. The molecule has 0 aliphatic rings. The minimum atomic E-state index is 0.0369. The number of ether oxygens (including phenoxy) is 1. The van der Waals surface area contributed by atoms with Crippen LogP contribution in [0, 0.1) is 6.92 Å². The van der Waals surface area contributed by atoms with Crippen molar-refractivity contribution in [3.8, 4) is 5.75 Å². The van der Waals surface area contributed by atoms with Crippen LogP contribution in [0.5, 0.6) is 5.75 Å². The molecular formula is C19H27N5O2. The van der Waals surface area contributed by atoms with E-state index in [1.807, 2.05) is 44.2 Å². The van der Waals surface area contributed by atoms with Crippen LogP contribution in [0.15, 0.2) is 30.3 Å². The zero-order valence-electron chi connectivity index (χ0n) is 15.6. The number of benzene rings is 1. The van der Waals surface area contributed by atoms with Gasteiger partial charge in [0.15, 0.2) is 0 Å². The first-order chi connectivity index (χ1) is 12.6. The zero-order valence-corrected chi connectivity index (χ0v) is 15.6. The molecule has 1 amide bonds. The van der Waals surface area contributed by atoms with Gasteiger partial charge in [0.05, 0.1) is 7.11 Å². The van der Waals surface area contributed by atoms with Crippen LogP contribution >= 0.6 is 0 Å². The molecule has 0 unspecified atom stereocenters. The summed E-state index contributed by atoms with van der Waals surface area (Å²) in [6, 6.07) is 9.65. The summed E-state index contributed by atoms with van der Waals surface area (Å²) >= 11 is 0. The highest BCUT2D eigenvalue weighted by Crippen LogP contribution is 2.12. The maximum atomic E-state index is 11.9. The van der Waals surface area contributed by atoms with E-state index in [2.05, 4.69) is 25.9 Å². The largest absolute Gasteiger partial charge is 0.497 e. The molecule has 26 heavy (non-hydrogen) atoms. The molecule has 0 radical (unpaired) electrons. The molecule has 1 heterocycles. The number of hydrogen-bond donors (Lipinski definition) is 3. The maximum absolute atomic E-state index is 11.9. The second kappa shape index (κ2) is 10.2. The number of anilines is 2. The molecule has 0 aliphatic carbocycles. The Kier molecular flexibility index (Phi) is 7.67. The van der Waals surface area contributed by atoms with Gasteiger partial charge in [-0.25, -0.2) is 4.98 Å². The standard InChI is InChI=1S/C19H27N5O2/c1-4-20-19-23-14(2)13-17(24-19)21-11-12-22-18(25)10-7-15-5-8-16(26-3)9-6-15/h5-6,8-9,13H,4,7,10-12H2,1-3H3,(H,22,25)(H2,20,21,23,24). The van der Waals surface area contributed by atoms with Gasteiger partial charge in [-0.2, -0.15) is 4.98 Å². The van der Waals surface area contributed by atoms with E-state index in [4.69, 9.17) is 4.74 Å². The van der Waals surface area contributed by atoms with Gasteiger partial charge in [0.2, 0.25) is 11.9 Å². The van der Waals surface area contributed by atoms with Crippen molar-refractivity contribution in [2.24, 2.45) is 0 Å². The summed E-state index contributed by atoms with van der Waals surface area (Å²) in [7, 11) is 1.64. The van der Waals surface area contributed by atoms with Crippen LogP contribution in [-0.2, 0) is 11.2 Å². The van der Waals surface area contributed by atoms with E-state index in [1.165, 1.54) is 0 Å². The van der Waals surface area contributed by atoms with Crippen molar-refractivity contribution in [3.63, 3.8) is 0 Å². The number of carbonyl (C=O) groups is 1. The van der Waals surface area contributed by atoms with Crippen molar-refractivity contribution in [1.29, 1.82) is 0 Å². The average Bonchev–Trinajstić information content (AvgIpc) is 2.64. The van der Waals surface area contributed by atoms with E-state index in [-0.39, 0.29) is 5.91 Å². The normalized spacial score (nSPS) is 10.3. The predicted octanol–water partition coefficient (Wildman–Crippen LogP) is 2.39. The van der Waals surface area contributed by atoms with Crippen molar-refractivity contribution in [1.82, 2.24) is 15.3 Å². The van der Waals surface area contributed by atoms with Crippen LogP contribution in [0.3, 0.4) is 0 Å². The smallest absolute Gasteiger partial charge is 0.224 e. The summed E-state index contributed by atoms with van der Waals surface area (Å²) in [5.41, 5.74) is 2.01. The Morgan fingerprint density at radius 3 is 2.58 bits per heavy atom. The second-order valence-corrected chi connectivity index (χ2v) is 5.87. The molecule has 2 aromatic rings. The van der Waals surface area contributed by atoms with Gasteiger partial charge >= 0.3 is 0 Å². The van der Waals surface area contributed by atoms with Crippen molar-refractivity contribution in [3.05, 3.63) is 41.6 Å². The van der Waals surface area contributed by atoms with Crippen molar-refractivity contribution >= 4 is 17.7 Å². The summed E-state index contributed by atoms with van der Waals surface area (Å²) in [4.78, 5) is 20.6. The topological polar surface area (TPSA) is 88.2 Å². The molecule has 0 aliphatic heterocycles. The summed E-state index contributed by atoms with van der Waals surface area (Å²) in [5, 5.41) is 9.22. The Morgan fingerprint density at radius 1 is 1.12 bits per heavy atom. The van der Waals surface area contributed by atoms with Gasteiger partial charge in [0.25, 0.3) is 0 Å². The van der Waals surface area contributed by atoms with Crippen LogP contribution < -0.4 is 20.7 Å². The van der Waals surface area contributed by atoms with Crippen LogP contribution in [-0.4, -0.2) is 42.6 Å². The van der Waals surface area contributed by atoms with Gasteiger partial charge in [-0.3, -0.25) is 4.79 Å². The minimum Gasteiger partial charge on any atom is -0.497 e. The van der Waals surface area contributed by atoms with Crippen molar-refractivity contribution in [2.45, 2.75) is 26.7 Å². The summed E-state index contributed by atoms with van der Waals surface area (Å²) < 4.78 is 5.13. The van der Waals surface area contributed by atoms with Crippen molar-refractivity contribution in [2.75, 3.05) is 37.4 Å². The number of carbonyl (C=O) groups excluding carboxylic acids is 1. The second-order valence-electron chi connectivity index (χ2n) is 5.87. The molecule has 0 bridgehead atoms. The number of amides is 1. The Balaban J connectivity index is 1.68. The average molecular weight is 357 g/mol. The summed E-state index contributed by atoms with van der Waals surface area (Å²) in [6.07, 6.45) is 1.17. The molecule has 3 N–H and O–H groups in total. The number of nitrogens with zero attached hydrogens (tertiary/aromatic N) is 2. The molecule has 0 atom stereocenters. The third-order valence-electron chi connectivity index (χ3n) is 3.74. The van der Waals surface area contributed by atoms with E-state index >= 15 is 0 Å². The van der Waals surface area contributed by atoms with Crippen LogP contribution in [0.25, 0.3) is 0 Å². The monoisotopic (exact) mass is 357 g/mol. The van der Waals surface area contributed by atoms with E-state index in [0.29, 0.717) is 31.9 Å². The lowest BCUT2D eigenvalue weighted by Gasteiger charge is -2.10. The Hall–Kier alpha value is -2.83. The molecule has 1 aromatic carbocycles. The van der Waals surface area contributed by atoms with Gasteiger partial charge in [0, 0.05) is 37.8 Å². The van der Waals surface area contributed by atoms with Gasteiger partial charge < -0.3 is 20.7 Å². The van der Waals surface area contributed by atoms with Crippen LogP contribution in [0.4, 0.5) is 11.8 Å². The molecule has 7 heteroatoms. The fourth-order valence-electron chi connectivity index (χ4n) is 2.43. The number of nitrogens with one attached hydrogen (secondary N) is 3. The minimum absolute atomic E-state index is 0.0369. The highest BCUT2D eigenvalue weighted by atomic mass is 16.5. The van der Waals surface area contributed by atoms with E-state index in [0.717, 1.165) is 29.4 Å². The molecule has 2 rings (SSSR count). The molecule has 0 saturated carbocycles. The fourth-order valence-corrected chi connectivity index (χ4v) is 2.43. The molecule has 1 aromatic heterocycles. The van der Waals surface area contributed by atoms with Gasteiger partial charge in [0.1, 0.15) is 11.6 Å². The Morgan fingerprint density at radius 2 is 1.88 bits per heavy atom. The molecule has 140 valence electrons. The number of aryl methyl sites for hydroxylation is 2. The summed E-state index contributed by atoms with van der Waals surface area (Å²) in [6.45, 7) is 5.85. The van der Waals surface area contributed by atoms with Crippen LogP contribution in [0.2, 0.25) is 0 Å². The molecule has 7 nitrogen and oxygen atoms in total. The summed E-state index contributed by atoms with van der Waals surface area (Å²) in [5.74, 6) is 2.22. The highest BCUT2D eigenvalue weighted by Gasteiger charge is 2.04. The van der Waals surface area contributed by atoms with E-state index in [1.54, 1.807) is 7.11 Å². The molecule has 0 fully saturated rings. The first-order valence-corrected chi connectivity index (χ1v) is 8.83. The number of rotatable bonds is 10. The molecular weight excluding hydrogens is 330 g/mol. The zero-order chi connectivity index (χ0) is 18.8. The predicted molar refractivity (Wildman–Crippen MR) is 104 cm³/mol. The first kappa shape index (κ1) is 19.5. The number of hydrogen-bond acceptors (Lipinski definition) is 6. The van der Waals surface area contributed by atoms with Gasteiger partial charge in [-0.15, -0.1) is 0 Å². The first-order valence-electron chi connectivity index (χ1n) is 8.83. The highest BCUT2D eigenvalue weighted by molar-refractivity contribution is 5.76. The van der Waals surface area contributed by atoms with E-state index < -0.39 is 0 Å². The number of methoxy groups -OCH3 is 1. The maximum Gasteiger partial charge on any atom is 0.224 e. The van der Waals surface area contributed by atoms with Crippen LogP contribution in [0.1, 0.15) is 24.6 Å². The fraction of sp³-hybridized carbons (Fsp3) is 0.421. The lowest BCUT2D eigenvalue weighted by atomic mass is 10.1.